The Bertz CT molecular complexity index is 560. The maximum atomic E-state index is 12.1. The number of anilines is 1. The average Bonchev–Trinajstić information content (AvgIpc) is 2.76. The molecule has 4 nitrogen and oxygen atoms in total. The monoisotopic (exact) mass is 321 g/mol. The quantitative estimate of drug-likeness (QED) is 0.936. The summed E-state index contributed by atoms with van der Waals surface area (Å²) in [7, 11) is 0. The lowest BCUT2D eigenvalue weighted by molar-refractivity contribution is 0.102. The minimum Gasteiger partial charge on any atom is -0.307 e. The van der Waals surface area contributed by atoms with Gasteiger partial charge in [0.15, 0.2) is 0 Å². The molecule has 0 spiro atoms. The van der Waals surface area contributed by atoms with Gasteiger partial charge in [0.05, 0.1) is 6.20 Å². The van der Waals surface area contributed by atoms with Gasteiger partial charge in [0, 0.05) is 22.6 Å². The second kappa shape index (κ2) is 6.02. The summed E-state index contributed by atoms with van der Waals surface area (Å²) in [5.74, 6) is 1.07. The van der Waals surface area contributed by atoms with Crippen molar-refractivity contribution in [2.75, 3.05) is 5.32 Å². The van der Waals surface area contributed by atoms with Gasteiger partial charge < -0.3 is 5.32 Å². The van der Waals surface area contributed by atoms with Gasteiger partial charge in [-0.1, -0.05) is 29.8 Å². The van der Waals surface area contributed by atoms with Crippen LogP contribution in [-0.2, 0) is 6.54 Å². The van der Waals surface area contributed by atoms with Crippen LogP contribution in [-0.4, -0.2) is 15.7 Å². The van der Waals surface area contributed by atoms with Gasteiger partial charge in [-0.25, -0.2) is 4.68 Å². The molecular weight excluding hydrogens is 306 g/mol. The van der Waals surface area contributed by atoms with Gasteiger partial charge in [0.25, 0.3) is 5.91 Å². The molecule has 1 N–H and O–H groups in total. The van der Waals surface area contributed by atoms with Crippen molar-refractivity contribution >= 4 is 27.7 Å². The molecule has 0 saturated carbocycles. The van der Waals surface area contributed by atoms with Crippen molar-refractivity contribution in [2.24, 2.45) is 5.92 Å². The van der Waals surface area contributed by atoms with Crippen LogP contribution in [0.4, 0.5) is 5.82 Å². The minimum atomic E-state index is -0.127. The van der Waals surface area contributed by atoms with E-state index in [0.29, 0.717) is 11.5 Å². The van der Waals surface area contributed by atoms with E-state index in [0.717, 1.165) is 16.8 Å². The zero-order valence-corrected chi connectivity index (χ0v) is 12.5. The Morgan fingerprint density at radius 2 is 2.00 bits per heavy atom. The largest absolute Gasteiger partial charge is 0.307 e. The van der Waals surface area contributed by atoms with Crippen molar-refractivity contribution in [3.63, 3.8) is 0 Å². The zero-order chi connectivity index (χ0) is 13.8. The lowest BCUT2D eigenvalue weighted by Crippen LogP contribution is -2.17. The molecule has 19 heavy (non-hydrogen) atoms. The summed E-state index contributed by atoms with van der Waals surface area (Å²) in [5.41, 5.74) is 0.625. The standard InChI is InChI=1S/C14H16BrN3O/c1-10(2)9-18-13(7-8-16-18)17-14(19)11-3-5-12(15)6-4-11/h3-8,10H,9H2,1-2H3,(H,17,19). The van der Waals surface area contributed by atoms with Gasteiger partial charge in [0.2, 0.25) is 0 Å². The highest BCUT2D eigenvalue weighted by atomic mass is 79.9. The van der Waals surface area contributed by atoms with Gasteiger partial charge in [-0.05, 0) is 30.2 Å². The minimum absolute atomic E-state index is 0.127. The molecule has 0 saturated heterocycles. The van der Waals surface area contributed by atoms with E-state index in [1.54, 1.807) is 29.1 Å². The normalized spacial score (nSPS) is 10.7. The number of carbonyl (C=O) groups excluding carboxylic acids is 1. The number of benzene rings is 1. The second-order valence-corrected chi connectivity index (χ2v) is 5.67. The summed E-state index contributed by atoms with van der Waals surface area (Å²) in [6.45, 7) is 5.01. The van der Waals surface area contributed by atoms with Crippen molar-refractivity contribution in [1.29, 1.82) is 0 Å². The molecular formula is C14H16BrN3O. The third-order valence-corrected chi connectivity index (χ3v) is 3.13. The number of halogens is 1. The predicted molar refractivity (Wildman–Crippen MR) is 79.2 cm³/mol. The van der Waals surface area contributed by atoms with Crippen molar-refractivity contribution < 1.29 is 4.79 Å². The number of aromatic nitrogens is 2. The summed E-state index contributed by atoms with van der Waals surface area (Å²) < 4.78 is 2.76. The molecule has 0 aliphatic heterocycles. The topological polar surface area (TPSA) is 46.9 Å². The van der Waals surface area contributed by atoms with Crippen molar-refractivity contribution in [2.45, 2.75) is 20.4 Å². The first-order valence-corrected chi connectivity index (χ1v) is 6.94. The summed E-state index contributed by atoms with van der Waals surface area (Å²) in [5, 5.41) is 7.09. The van der Waals surface area contributed by atoms with Gasteiger partial charge in [-0.3, -0.25) is 4.79 Å². The van der Waals surface area contributed by atoms with Crippen LogP contribution in [0.3, 0.4) is 0 Å². The van der Waals surface area contributed by atoms with Crippen LogP contribution in [0.15, 0.2) is 41.0 Å². The van der Waals surface area contributed by atoms with Gasteiger partial charge in [-0.15, -0.1) is 0 Å². The Morgan fingerprint density at radius 3 is 2.63 bits per heavy atom. The van der Waals surface area contributed by atoms with Crippen LogP contribution in [0, 0.1) is 5.92 Å². The maximum Gasteiger partial charge on any atom is 0.256 e. The highest BCUT2D eigenvalue weighted by Crippen LogP contribution is 2.14. The van der Waals surface area contributed by atoms with Crippen LogP contribution in [0.1, 0.15) is 24.2 Å². The summed E-state index contributed by atoms with van der Waals surface area (Å²) in [6.07, 6.45) is 1.69. The lowest BCUT2D eigenvalue weighted by Gasteiger charge is -2.10. The van der Waals surface area contributed by atoms with E-state index in [1.165, 1.54) is 0 Å². The molecule has 0 aliphatic carbocycles. The van der Waals surface area contributed by atoms with E-state index in [1.807, 2.05) is 12.1 Å². The first-order valence-electron chi connectivity index (χ1n) is 6.15. The molecule has 1 amide bonds. The molecule has 1 aromatic carbocycles. The predicted octanol–water partition coefficient (Wildman–Crippen LogP) is 3.55. The fraction of sp³-hybridized carbons (Fsp3) is 0.286. The van der Waals surface area contributed by atoms with Crippen molar-refractivity contribution in [3.8, 4) is 0 Å². The van der Waals surface area contributed by atoms with Gasteiger partial charge >= 0.3 is 0 Å². The number of nitrogens with zero attached hydrogens (tertiary/aromatic N) is 2. The molecule has 100 valence electrons. The smallest absolute Gasteiger partial charge is 0.256 e. The number of carbonyl (C=O) groups is 1. The Hall–Kier alpha value is -1.62. The first-order chi connectivity index (χ1) is 9.06. The molecule has 2 rings (SSSR count). The third kappa shape index (κ3) is 3.67. The number of hydrogen-bond acceptors (Lipinski definition) is 2. The molecule has 5 heteroatoms. The third-order valence-electron chi connectivity index (χ3n) is 2.60. The van der Waals surface area contributed by atoms with Crippen molar-refractivity contribution in [1.82, 2.24) is 9.78 Å². The van der Waals surface area contributed by atoms with Crippen LogP contribution in [0.2, 0.25) is 0 Å². The van der Waals surface area contributed by atoms with Gasteiger partial charge in [-0.2, -0.15) is 5.10 Å². The highest BCUT2D eigenvalue weighted by molar-refractivity contribution is 9.10. The van der Waals surface area contributed by atoms with E-state index in [4.69, 9.17) is 0 Å². The maximum absolute atomic E-state index is 12.1. The van der Waals surface area contributed by atoms with E-state index in [9.17, 15) is 4.79 Å². The highest BCUT2D eigenvalue weighted by Gasteiger charge is 2.10. The van der Waals surface area contributed by atoms with Crippen LogP contribution >= 0.6 is 15.9 Å². The molecule has 2 aromatic rings. The van der Waals surface area contributed by atoms with Crippen LogP contribution in [0.25, 0.3) is 0 Å². The molecule has 0 bridgehead atoms. The first kappa shape index (κ1) is 13.8. The molecule has 1 heterocycles. The lowest BCUT2D eigenvalue weighted by atomic mass is 10.2. The number of hydrogen-bond donors (Lipinski definition) is 1. The Balaban J connectivity index is 2.10. The SMILES string of the molecule is CC(C)Cn1nccc1NC(=O)c1ccc(Br)cc1. The fourth-order valence-corrected chi connectivity index (χ4v) is 1.98. The Morgan fingerprint density at radius 1 is 1.32 bits per heavy atom. The number of nitrogens with one attached hydrogen (secondary N) is 1. The van der Waals surface area contributed by atoms with E-state index < -0.39 is 0 Å². The van der Waals surface area contributed by atoms with Crippen molar-refractivity contribution in [3.05, 3.63) is 46.6 Å². The fourth-order valence-electron chi connectivity index (χ4n) is 1.72. The molecule has 0 radical (unpaired) electrons. The number of rotatable bonds is 4. The van der Waals surface area contributed by atoms with E-state index >= 15 is 0 Å². The molecule has 0 atom stereocenters. The van der Waals surface area contributed by atoms with Crippen LogP contribution < -0.4 is 5.32 Å². The Kier molecular flexibility index (Phi) is 4.37. The summed E-state index contributed by atoms with van der Waals surface area (Å²) in [6, 6.07) is 9.06. The number of amides is 1. The summed E-state index contributed by atoms with van der Waals surface area (Å²) >= 11 is 3.35. The zero-order valence-electron chi connectivity index (χ0n) is 10.9. The van der Waals surface area contributed by atoms with E-state index in [-0.39, 0.29) is 5.91 Å². The van der Waals surface area contributed by atoms with Crippen LogP contribution in [0.5, 0.6) is 0 Å². The second-order valence-electron chi connectivity index (χ2n) is 4.75. The molecule has 0 fully saturated rings. The molecule has 1 aromatic heterocycles. The Labute approximate surface area is 120 Å². The average molecular weight is 322 g/mol. The van der Waals surface area contributed by atoms with E-state index in [2.05, 4.69) is 40.2 Å². The molecule has 0 unspecified atom stereocenters. The van der Waals surface area contributed by atoms with Gasteiger partial charge in [0.1, 0.15) is 5.82 Å². The summed E-state index contributed by atoms with van der Waals surface area (Å²) in [4.78, 5) is 12.1. The molecule has 0 aliphatic rings.